The third kappa shape index (κ3) is 0.647. The SMILES string of the molecule is ClC1(Cl)C2CCC3(OC=CO3)C21. The van der Waals surface area contributed by atoms with Crippen LogP contribution in [0.15, 0.2) is 12.5 Å². The summed E-state index contributed by atoms with van der Waals surface area (Å²) in [4.78, 5) is 0. The van der Waals surface area contributed by atoms with Crippen LogP contribution in [0.5, 0.6) is 0 Å². The summed E-state index contributed by atoms with van der Waals surface area (Å²) >= 11 is 12.1. The Morgan fingerprint density at radius 3 is 2.42 bits per heavy atom. The van der Waals surface area contributed by atoms with Crippen molar-refractivity contribution in [1.29, 1.82) is 0 Å². The van der Waals surface area contributed by atoms with Crippen LogP contribution in [0.2, 0.25) is 0 Å². The minimum absolute atomic E-state index is 0.156. The normalized spacial score (nSPS) is 43.8. The molecule has 2 aliphatic carbocycles. The standard InChI is InChI=1S/C8H8Cl2O2/c9-8(10)5-1-2-7(6(5)8)11-3-4-12-7/h3-6H,1-2H2. The van der Waals surface area contributed by atoms with E-state index in [2.05, 4.69) is 0 Å². The Bertz CT molecular complexity index is 254. The predicted molar refractivity (Wildman–Crippen MR) is 44.7 cm³/mol. The lowest BCUT2D eigenvalue weighted by molar-refractivity contribution is -0.152. The van der Waals surface area contributed by atoms with E-state index in [4.69, 9.17) is 32.7 Å². The molecule has 66 valence electrons. The minimum atomic E-state index is -0.607. The second-order valence-corrected chi connectivity index (χ2v) is 5.06. The van der Waals surface area contributed by atoms with Gasteiger partial charge in [-0.3, -0.25) is 0 Å². The van der Waals surface area contributed by atoms with Gasteiger partial charge in [0.1, 0.15) is 16.9 Å². The summed E-state index contributed by atoms with van der Waals surface area (Å²) in [5.74, 6) is -0.00202. The number of rotatable bonds is 0. The van der Waals surface area contributed by atoms with Gasteiger partial charge in [0.05, 0.1) is 5.92 Å². The molecule has 3 aliphatic rings. The van der Waals surface area contributed by atoms with Gasteiger partial charge in [0, 0.05) is 12.3 Å². The predicted octanol–water partition coefficient (Wildman–Crippen LogP) is 2.41. The summed E-state index contributed by atoms with van der Waals surface area (Å²) in [6.45, 7) is 0. The maximum atomic E-state index is 6.06. The molecule has 2 unspecified atom stereocenters. The van der Waals surface area contributed by atoms with E-state index < -0.39 is 10.1 Å². The van der Waals surface area contributed by atoms with Crippen molar-refractivity contribution in [1.82, 2.24) is 0 Å². The summed E-state index contributed by atoms with van der Waals surface area (Å²) in [7, 11) is 0. The number of hydrogen-bond donors (Lipinski definition) is 0. The zero-order valence-electron chi connectivity index (χ0n) is 6.30. The van der Waals surface area contributed by atoms with E-state index in [1.54, 1.807) is 12.5 Å². The van der Waals surface area contributed by atoms with E-state index in [9.17, 15) is 0 Å². The van der Waals surface area contributed by atoms with Gasteiger partial charge in [-0.2, -0.15) is 0 Å². The van der Waals surface area contributed by atoms with Crippen LogP contribution < -0.4 is 0 Å². The van der Waals surface area contributed by atoms with E-state index in [0.717, 1.165) is 12.8 Å². The first kappa shape index (κ1) is 7.34. The van der Waals surface area contributed by atoms with E-state index in [-0.39, 0.29) is 5.92 Å². The average Bonchev–Trinajstić information content (AvgIpc) is 2.48. The molecule has 2 fully saturated rings. The highest BCUT2D eigenvalue weighted by Crippen LogP contribution is 2.72. The number of ether oxygens (including phenoxy) is 2. The molecule has 2 saturated carbocycles. The molecule has 0 aromatic carbocycles. The monoisotopic (exact) mass is 206 g/mol. The van der Waals surface area contributed by atoms with Gasteiger partial charge >= 0.3 is 0 Å². The average molecular weight is 207 g/mol. The molecule has 2 atom stereocenters. The van der Waals surface area contributed by atoms with Gasteiger partial charge in [-0.05, 0) is 6.42 Å². The van der Waals surface area contributed by atoms with Crippen molar-refractivity contribution < 1.29 is 9.47 Å². The second kappa shape index (κ2) is 1.88. The van der Waals surface area contributed by atoms with Crippen molar-refractivity contribution in [3.63, 3.8) is 0 Å². The maximum Gasteiger partial charge on any atom is 0.255 e. The molecule has 0 radical (unpaired) electrons. The Hall–Kier alpha value is -0.0800. The van der Waals surface area contributed by atoms with Crippen LogP contribution in [0, 0.1) is 11.8 Å². The number of hydrogen-bond acceptors (Lipinski definition) is 2. The molecule has 3 rings (SSSR count). The molecule has 0 amide bonds. The first-order valence-electron chi connectivity index (χ1n) is 4.05. The molecular weight excluding hydrogens is 199 g/mol. The van der Waals surface area contributed by atoms with Crippen molar-refractivity contribution in [2.45, 2.75) is 23.0 Å². The molecule has 0 aromatic rings. The zero-order chi connectivity index (χ0) is 8.40. The molecular formula is C8H8Cl2O2. The highest BCUT2D eigenvalue weighted by molar-refractivity contribution is 6.51. The molecule has 1 spiro atoms. The van der Waals surface area contributed by atoms with Crippen molar-refractivity contribution in [3.05, 3.63) is 12.5 Å². The minimum Gasteiger partial charge on any atom is -0.456 e. The largest absolute Gasteiger partial charge is 0.456 e. The van der Waals surface area contributed by atoms with Crippen LogP contribution in [0.1, 0.15) is 12.8 Å². The van der Waals surface area contributed by atoms with E-state index in [1.807, 2.05) is 0 Å². The summed E-state index contributed by atoms with van der Waals surface area (Å²) in [5, 5.41) is 0. The van der Waals surface area contributed by atoms with Crippen LogP contribution in [-0.2, 0) is 9.47 Å². The third-order valence-electron chi connectivity index (χ3n) is 3.07. The molecule has 2 nitrogen and oxygen atoms in total. The summed E-state index contributed by atoms with van der Waals surface area (Å²) in [6.07, 6.45) is 5.05. The Kier molecular flexibility index (Phi) is 1.15. The van der Waals surface area contributed by atoms with Gasteiger partial charge in [-0.15, -0.1) is 23.2 Å². The molecule has 0 bridgehead atoms. The Morgan fingerprint density at radius 1 is 1.25 bits per heavy atom. The smallest absolute Gasteiger partial charge is 0.255 e. The Balaban J connectivity index is 1.91. The fraction of sp³-hybridized carbons (Fsp3) is 0.750. The third-order valence-corrected chi connectivity index (χ3v) is 4.10. The van der Waals surface area contributed by atoms with Crippen molar-refractivity contribution >= 4 is 23.2 Å². The first-order valence-corrected chi connectivity index (χ1v) is 4.81. The van der Waals surface area contributed by atoms with Crippen LogP contribution >= 0.6 is 23.2 Å². The molecule has 4 heteroatoms. The van der Waals surface area contributed by atoms with E-state index in [0.29, 0.717) is 5.92 Å². The zero-order valence-corrected chi connectivity index (χ0v) is 7.81. The summed E-state index contributed by atoms with van der Waals surface area (Å²) in [5.41, 5.74) is 0. The lowest BCUT2D eigenvalue weighted by Gasteiger charge is -2.25. The maximum absolute atomic E-state index is 6.06. The summed E-state index contributed by atoms with van der Waals surface area (Å²) < 4.78 is 10.2. The van der Waals surface area contributed by atoms with Gasteiger partial charge in [0.2, 0.25) is 0 Å². The van der Waals surface area contributed by atoms with Gasteiger partial charge in [0.25, 0.3) is 5.79 Å². The number of fused-ring (bicyclic) bond motifs is 2. The van der Waals surface area contributed by atoms with Gasteiger partial charge in [0.15, 0.2) is 0 Å². The van der Waals surface area contributed by atoms with E-state index >= 15 is 0 Å². The van der Waals surface area contributed by atoms with Crippen LogP contribution in [0.4, 0.5) is 0 Å². The fourth-order valence-electron chi connectivity index (χ4n) is 2.44. The van der Waals surface area contributed by atoms with Crippen LogP contribution in [0.25, 0.3) is 0 Å². The first-order chi connectivity index (χ1) is 5.67. The molecule has 1 heterocycles. The van der Waals surface area contributed by atoms with Gasteiger partial charge < -0.3 is 9.47 Å². The number of halogens is 2. The Labute approximate surface area is 80.4 Å². The van der Waals surface area contributed by atoms with E-state index in [1.165, 1.54) is 0 Å². The molecule has 0 N–H and O–H groups in total. The molecule has 0 saturated heterocycles. The molecule has 0 aromatic heterocycles. The van der Waals surface area contributed by atoms with Crippen LogP contribution in [0.3, 0.4) is 0 Å². The highest BCUT2D eigenvalue weighted by Gasteiger charge is 2.78. The molecule has 12 heavy (non-hydrogen) atoms. The van der Waals surface area contributed by atoms with Crippen molar-refractivity contribution in [3.8, 4) is 0 Å². The van der Waals surface area contributed by atoms with Crippen molar-refractivity contribution in [2.75, 3.05) is 0 Å². The summed E-state index contributed by atoms with van der Waals surface area (Å²) in [6, 6.07) is 0. The topological polar surface area (TPSA) is 18.5 Å². The quantitative estimate of drug-likeness (QED) is 0.568. The molecule has 1 aliphatic heterocycles. The van der Waals surface area contributed by atoms with Crippen molar-refractivity contribution in [2.24, 2.45) is 11.8 Å². The van der Waals surface area contributed by atoms with Gasteiger partial charge in [-0.1, -0.05) is 0 Å². The van der Waals surface area contributed by atoms with Crippen LogP contribution in [-0.4, -0.2) is 10.1 Å². The fourth-order valence-corrected chi connectivity index (χ4v) is 3.42. The number of alkyl halides is 2. The lowest BCUT2D eigenvalue weighted by Crippen LogP contribution is -2.33. The second-order valence-electron chi connectivity index (χ2n) is 3.62. The Morgan fingerprint density at radius 2 is 1.92 bits per heavy atom. The highest BCUT2D eigenvalue weighted by atomic mass is 35.5. The van der Waals surface area contributed by atoms with Gasteiger partial charge in [-0.25, -0.2) is 0 Å². The lowest BCUT2D eigenvalue weighted by atomic mass is 10.1.